The maximum atomic E-state index is 12.5. The van der Waals surface area contributed by atoms with Crippen molar-refractivity contribution in [3.05, 3.63) is 81.9 Å². The smallest absolute Gasteiger partial charge is 0.287 e. The van der Waals surface area contributed by atoms with Crippen molar-refractivity contribution in [3.63, 3.8) is 0 Å². The molecule has 0 saturated heterocycles. The summed E-state index contributed by atoms with van der Waals surface area (Å²) < 4.78 is 2.95. The molecular formula is C23H27N7O4. The van der Waals surface area contributed by atoms with Crippen LogP contribution < -0.4 is 16.4 Å². The lowest BCUT2D eigenvalue weighted by Crippen LogP contribution is -2.29. The Morgan fingerprint density at radius 1 is 1.06 bits per heavy atom. The third-order valence-corrected chi connectivity index (χ3v) is 5.15. The Labute approximate surface area is 196 Å². The molecule has 0 radical (unpaired) electrons. The standard InChI is InChI=1S/C23H27N7O4/c1-28-14-17(27-23(32)20-13-18(30(33)34)15-29(20)2)12-19(28)22(31)26-11-9-21(24)25-10-8-16-6-4-3-5-7-16/h3-7,12-15H,8-11H2,1-2H3,(H2,24,25)(H,26,31)(H,27,32). The first-order valence-electron chi connectivity index (χ1n) is 10.6. The first-order valence-corrected chi connectivity index (χ1v) is 10.6. The number of nitro groups is 1. The number of aliphatic imine (C=N–C) groups is 1. The number of aromatic nitrogens is 2. The van der Waals surface area contributed by atoms with E-state index in [4.69, 9.17) is 5.73 Å². The number of amidine groups is 1. The lowest BCUT2D eigenvalue weighted by Gasteiger charge is -2.06. The fourth-order valence-electron chi connectivity index (χ4n) is 3.37. The van der Waals surface area contributed by atoms with Crippen LogP contribution in [0, 0.1) is 10.1 Å². The molecule has 0 aliphatic heterocycles. The highest BCUT2D eigenvalue weighted by molar-refractivity contribution is 6.04. The Morgan fingerprint density at radius 2 is 1.74 bits per heavy atom. The fourth-order valence-corrected chi connectivity index (χ4v) is 3.37. The Morgan fingerprint density at radius 3 is 2.41 bits per heavy atom. The summed E-state index contributed by atoms with van der Waals surface area (Å²) in [6.45, 7) is 0.897. The largest absolute Gasteiger partial charge is 0.387 e. The van der Waals surface area contributed by atoms with E-state index in [0.29, 0.717) is 36.7 Å². The van der Waals surface area contributed by atoms with Crippen LogP contribution in [0.3, 0.4) is 0 Å². The number of carbonyl (C=O) groups is 2. The van der Waals surface area contributed by atoms with Gasteiger partial charge in [-0.1, -0.05) is 30.3 Å². The number of hydrogen-bond donors (Lipinski definition) is 3. The highest BCUT2D eigenvalue weighted by Gasteiger charge is 2.19. The third-order valence-electron chi connectivity index (χ3n) is 5.15. The van der Waals surface area contributed by atoms with Gasteiger partial charge in [-0.25, -0.2) is 0 Å². The van der Waals surface area contributed by atoms with Crippen LogP contribution in [0.1, 0.15) is 33.0 Å². The van der Waals surface area contributed by atoms with Crippen molar-refractivity contribution in [2.75, 3.05) is 18.4 Å². The van der Waals surface area contributed by atoms with Gasteiger partial charge in [-0.2, -0.15) is 0 Å². The number of nitrogens with one attached hydrogen (secondary N) is 2. The van der Waals surface area contributed by atoms with Gasteiger partial charge in [-0.15, -0.1) is 0 Å². The van der Waals surface area contributed by atoms with E-state index in [0.717, 1.165) is 6.42 Å². The number of anilines is 1. The molecule has 0 atom stereocenters. The summed E-state index contributed by atoms with van der Waals surface area (Å²) in [6, 6.07) is 12.7. The second-order valence-electron chi connectivity index (χ2n) is 7.75. The van der Waals surface area contributed by atoms with Gasteiger partial charge in [0, 0.05) is 45.9 Å². The zero-order valence-electron chi connectivity index (χ0n) is 19.0. The van der Waals surface area contributed by atoms with Crippen molar-refractivity contribution in [2.45, 2.75) is 12.8 Å². The molecule has 2 amide bonds. The van der Waals surface area contributed by atoms with Crippen molar-refractivity contribution in [3.8, 4) is 0 Å². The van der Waals surface area contributed by atoms with E-state index in [2.05, 4.69) is 15.6 Å². The maximum Gasteiger partial charge on any atom is 0.287 e. The summed E-state index contributed by atoms with van der Waals surface area (Å²) in [5, 5.41) is 16.4. The molecule has 2 aromatic heterocycles. The molecule has 11 heteroatoms. The molecule has 34 heavy (non-hydrogen) atoms. The number of benzene rings is 1. The molecule has 0 aliphatic rings. The lowest BCUT2D eigenvalue weighted by atomic mass is 10.1. The second kappa shape index (κ2) is 10.9. The molecule has 1 aromatic carbocycles. The molecule has 2 heterocycles. The molecule has 3 rings (SSSR count). The van der Waals surface area contributed by atoms with Gasteiger partial charge in [-0.05, 0) is 18.1 Å². The van der Waals surface area contributed by atoms with Crippen LogP contribution in [-0.4, -0.2) is 44.8 Å². The van der Waals surface area contributed by atoms with Crippen molar-refractivity contribution in [2.24, 2.45) is 24.8 Å². The van der Waals surface area contributed by atoms with Gasteiger partial charge in [0.15, 0.2) is 0 Å². The average molecular weight is 466 g/mol. The molecule has 4 N–H and O–H groups in total. The Bertz CT molecular complexity index is 1210. The average Bonchev–Trinajstić information content (AvgIpc) is 3.37. The van der Waals surface area contributed by atoms with Crippen molar-refractivity contribution in [1.29, 1.82) is 0 Å². The van der Waals surface area contributed by atoms with Gasteiger partial charge in [0.05, 0.1) is 22.6 Å². The summed E-state index contributed by atoms with van der Waals surface area (Å²) in [7, 11) is 3.22. The lowest BCUT2D eigenvalue weighted by molar-refractivity contribution is -0.384. The summed E-state index contributed by atoms with van der Waals surface area (Å²) in [5.74, 6) is -0.380. The van der Waals surface area contributed by atoms with Crippen LogP contribution >= 0.6 is 0 Å². The van der Waals surface area contributed by atoms with E-state index in [-0.39, 0.29) is 17.3 Å². The van der Waals surface area contributed by atoms with E-state index >= 15 is 0 Å². The molecule has 0 saturated carbocycles. The number of nitrogens with two attached hydrogens (primary N) is 1. The van der Waals surface area contributed by atoms with Crippen LogP contribution in [0.25, 0.3) is 0 Å². The molecule has 0 bridgehead atoms. The van der Waals surface area contributed by atoms with Gasteiger partial charge < -0.3 is 25.5 Å². The molecule has 0 unspecified atom stereocenters. The van der Waals surface area contributed by atoms with Crippen LogP contribution in [-0.2, 0) is 20.5 Å². The molecular weight excluding hydrogens is 438 g/mol. The second-order valence-corrected chi connectivity index (χ2v) is 7.75. The normalized spacial score (nSPS) is 11.3. The Kier molecular flexibility index (Phi) is 7.80. The van der Waals surface area contributed by atoms with E-state index in [1.165, 1.54) is 28.5 Å². The third kappa shape index (κ3) is 6.31. The minimum Gasteiger partial charge on any atom is -0.387 e. The number of carbonyl (C=O) groups excluding carboxylic acids is 2. The van der Waals surface area contributed by atoms with Gasteiger partial charge >= 0.3 is 0 Å². The van der Waals surface area contributed by atoms with E-state index < -0.39 is 10.8 Å². The summed E-state index contributed by atoms with van der Waals surface area (Å²) >= 11 is 0. The predicted molar refractivity (Wildman–Crippen MR) is 129 cm³/mol. The van der Waals surface area contributed by atoms with E-state index in [1.54, 1.807) is 24.9 Å². The van der Waals surface area contributed by atoms with Crippen molar-refractivity contribution >= 4 is 29.0 Å². The molecule has 0 spiro atoms. The van der Waals surface area contributed by atoms with Crippen LogP contribution in [0.4, 0.5) is 11.4 Å². The molecule has 178 valence electrons. The molecule has 11 nitrogen and oxygen atoms in total. The Hall–Kier alpha value is -4.41. The minimum atomic E-state index is -0.567. The molecule has 3 aromatic rings. The van der Waals surface area contributed by atoms with Crippen LogP contribution in [0.5, 0.6) is 0 Å². The Balaban J connectivity index is 1.50. The summed E-state index contributed by atoms with van der Waals surface area (Å²) in [5.41, 5.74) is 7.81. The number of nitrogens with zero attached hydrogens (tertiary/aromatic N) is 4. The van der Waals surface area contributed by atoms with Gasteiger partial charge in [0.25, 0.3) is 17.5 Å². The van der Waals surface area contributed by atoms with Gasteiger partial charge in [-0.3, -0.25) is 24.7 Å². The van der Waals surface area contributed by atoms with Crippen LogP contribution in [0.2, 0.25) is 0 Å². The van der Waals surface area contributed by atoms with Crippen LogP contribution in [0.15, 0.2) is 59.9 Å². The topological polar surface area (TPSA) is 150 Å². The monoisotopic (exact) mass is 465 g/mol. The van der Waals surface area contributed by atoms with Crippen molar-refractivity contribution < 1.29 is 14.5 Å². The summed E-state index contributed by atoms with van der Waals surface area (Å²) in [4.78, 5) is 39.7. The highest BCUT2D eigenvalue weighted by Crippen LogP contribution is 2.18. The minimum absolute atomic E-state index is 0.128. The number of amides is 2. The fraction of sp³-hybridized carbons (Fsp3) is 0.261. The maximum absolute atomic E-state index is 12.5. The molecule has 0 aliphatic carbocycles. The van der Waals surface area contributed by atoms with Gasteiger partial charge in [0.1, 0.15) is 11.4 Å². The first kappa shape index (κ1) is 24.2. The zero-order valence-corrected chi connectivity index (χ0v) is 19.0. The molecule has 0 fully saturated rings. The van der Waals surface area contributed by atoms with E-state index in [9.17, 15) is 19.7 Å². The van der Waals surface area contributed by atoms with E-state index in [1.807, 2.05) is 30.3 Å². The predicted octanol–water partition coefficient (Wildman–Crippen LogP) is 2.24. The number of aryl methyl sites for hydroxylation is 2. The quantitative estimate of drug-likeness (QED) is 0.182. The zero-order chi connectivity index (χ0) is 24.7. The van der Waals surface area contributed by atoms with Gasteiger partial charge in [0.2, 0.25) is 0 Å². The number of hydrogen-bond acceptors (Lipinski definition) is 5. The van der Waals surface area contributed by atoms with Crippen molar-refractivity contribution in [1.82, 2.24) is 14.5 Å². The highest BCUT2D eigenvalue weighted by atomic mass is 16.6. The SMILES string of the molecule is Cn1cc(NC(=O)c2cc([N+](=O)[O-])cn2C)cc1C(=O)NCCC(N)=NCCc1ccccc1. The first-order chi connectivity index (χ1) is 16.2. The summed E-state index contributed by atoms with van der Waals surface area (Å²) in [6.07, 6.45) is 4.06. The number of rotatable bonds is 10.